The van der Waals surface area contributed by atoms with Gasteiger partial charge in [0.05, 0.1) is 0 Å². The zero-order chi connectivity index (χ0) is 10.8. The number of carbonyl (C=O) groups is 1. The van der Waals surface area contributed by atoms with Gasteiger partial charge in [0.1, 0.15) is 5.69 Å². The molecule has 6 heteroatoms. The fourth-order valence-corrected chi connectivity index (χ4v) is 1.26. The van der Waals surface area contributed by atoms with E-state index in [1.165, 1.54) is 4.68 Å². The molecular formula is C9H11N5O. The summed E-state index contributed by atoms with van der Waals surface area (Å²) in [5, 5.41) is 13.2. The van der Waals surface area contributed by atoms with E-state index in [0.717, 1.165) is 5.69 Å². The first-order valence-electron chi connectivity index (χ1n) is 4.48. The van der Waals surface area contributed by atoms with Crippen molar-refractivity contribution >= 4 is 11.7 Å². The topological polar surface area (TPSA) is 75.6 Å². The van der Waals surface area contributed by atoms with Crippen LogP contribution in [0.25, 0.3) is 0 Å². The largest absolute Gasteiger partial charge is 0.304 e. The van der Waals surface area contributed by atoms with Crippen LogP contribution in [0, 0.1) is 6.92 Å². The Kier molecular flexibility index (Phi) is 2.24. The maximum Gasteiger partial charge on any atom is 0.275 e. The molecule has 0 fully saturated rings. The summed E-state index contributed by atoms with van der Waals surface area (Å²) < 4.78 is 1.51. The molecule has 0 unspecified atom stereocenters. The Hall–Kier alpha value is -2.11. The number of hydrogen-bond acceptors (Lipinski definition) is 3. The van der Waals surface area contributed by atoms with Gasteiger partial charge in [-0.25, -0.2) is 0 Å². The minimum atomic E-state index is -0.221. The summed E-state index contributed by atoms with van der Waals surface area (Å²) in [5.74, 6) is 0.292. The van der Waals surface area contributed by atoms with Crippen molar-refractivity contribution in [3.8, 4) is 0 Å². The molecule has 2 N–H and O–H groups in total. The normalized spacial score (nSPS) is 10.3. The lowest BCUT2D eigenvalue weighted by Crippen LogP contribution is -2.16. The maximum absolute atomic E-state index is 11.7. The summed E-state index contributed by atoms with van der Waals surface area (Å²) in [5.41, 5.74) is 1.39. The first-order chi connectivity index (χ1) is 7.16. The molecule has 0 atom stereocenters. The van der Waals surface area contributed by atoms with E-state index >= 15 is 0 Å². The highest BCUT2D eigenvalue weighted by Gasteiger charge is 2.10. The van der Waals surface area contributed by atoms with Gasteiger partial charge in [-0.2, -0.15) is 10.2 Å². The zero-order valence-corrected chi connectivity index (χ0v) is 8.48. The number of carbonyl (C=O) groups excluding carboxylic acids is 1. The summed E-state index contributed by atoms with van der Waals surface area (Å²) in [7, 11) is 1.71. The molecule has 0 aliphatic carbocycles. The van der Waals surface area contributed by atoms with Crippen molar-refractivity contribution in [2.45, 2.75) is 6.92 Å². The van der Waals surface area contributed by atoms with Gasteiger partial charge in [0.2, 0.25) is 0 Å². The molecule has 0 saturated carbocycles. The van der Waals surface area contributed by atoms with Crippen molar-refractivity contribution in [2.24, 2.45) is 7.05 Å². The van der Waals surface area contributed by atoms with E-state index in [4.69, 9.17) is 0 Å². The number of nitrogens with zero attached hydrogens (tertiary/aromatic N) is 3. The number of H-pyrrole nitrogens is 1. The third-order valence-electron chi connectivity index (χ3n) is 2.00. The van der Waals surface area contributed by atoms with E-state index in [1.807, 2.05) is 6.92 Å². The monoisotopic (exact) mass is 205 g/mol. The van der Waals surface area contributed by atoms with E-state index in [-0.39, 0.29) is 5.91 Å². The molecule has 1 amide bonds. The van der Waals surface area contributed by atoms with Crippen molar-refractivity contribution < 1.29 is 4.79 Å². The predicted octanol–water partition coefficient (Wildman–Crippen LogP) is 0.704. The Morgan fingerprint density at radius 1 is 1.60 bits per heavy atom. The van der Waals surface area contributed by atoms with Gasteiger partial charge < -0.3 is 5.32 Å². The SMILES string of the molecule is Cc1cc(NC(=O)c2ccnn2C)n[nH]1. The molecular weight excluding hydrogens is 194 g/mol. The van der Waals surface area contributed by atoms with Gasteiger partial charge in [-0.05, 0) is 13.0 Å². The summed E-state index contributed by atoms with van der Waals surface area (Å²) in [6, 6.07) is 3.41. The molecule has 2 aromatic heterocycles. The number of anilines is 1. The fourth-order valence-electron chi connectivity index (χ4n) is 1.26. The van der Waals surface area contributed by atoms with E-state index in [2.05, 4.69) is 20.6 Å². The Bertz CT molecular complexity index is 484. The molecule has 0 spiro atoms. The third kappa shape index (κ3) is 1.88. The molecule has 0 aliphatic heterocycles. The lowest BCUT2D eigenvalue weighted by Gasteiger charge is -2.00. The number of hydrogen-bond donors (Lipinski definition) is 2. The van der Waals surface area contributed by atoms with Gasteiger partial charge in [0, 0.05) is 25.0 Å². The summed E-state index contributed by atoms with van der Waals surface area (Å²) in [6.45, 7) is 1.87. The van der Waals surface area contributed by atoms with Crippen LogP contribution in [0.1, 0.15) is 16.2 Å². The second-order valence-corrected chi connectivity index (χ2v) is 3.23. The smallest absolute Gasteiger partial charge is 0.275 e. The quantitative estimate of drug-likeness (QED) is 0.757. The molecule has 2 aromatic rings. The molecule has 0 aromatic carbocycles. The van der Waals surface area contributed by atoms with Crippen molar-refractivity contribution in [2.75, 3.05) is 5.32 Å². The Labute approximate surface area is 86.3 Å². The Balaban J connectivity index is 2.14. The molecule has 0 saturated heterocycles. The molecule has 0 bridgehead atoms. The van der Waals surface area contributed by atoms with E-state index in [9.17, 15) is 4.79 Å². The molecule has 15 heavy (non-hydrogen) atoms. The van der Waals surface area contributed by atoms with Crippen LogP contribution in [0.3, 0.4) is 0 Å². The minimum absolute atomic E-state index is 0.221. The third-order valence-corrected chi connectivity index (χ3v) is 2.00. The van der Waals surface area contributed by atoms with Crippen molar-refractivity contribution in [3.63, 3.8) is 0 Å². The van der Waals surface area contributed by atoms with Crippen molar-refractivity contribution in [1.29, 1.82) is 0 Å². The summed E-state index contributed by atoms with van der Waals surface area (Å²) in [4.78, 5) is 11.7. The van der Waals surface area contributed by atoms with Crippen LogP contribution in [0.2, 0.25) is 0 Å². The van der Waals surface area contributed by atoms with Crippen LogP contribution < -0.4 is 5.32 Å². The fraction of sp³-hybridized carbons (Fsp3) is 0.222. The van der Waals surface area contributed by atoms with Crippen LogP contribution in [-0.4, -0.2) is 25.9 Å². The average Bonchev–Trinajstić information content (AvgIpc) is 2.75. The molecule has 2 heterocycles. The lowest BCUT2D eigenvalue weighted by atomic mass is 10.4. The van der Waals surface area contributed by atoms with E-state index < -0.39 is 0 Å². The molecule has 78 valence electrons. The second kappa shape index (κ2) is 3.56. The Morgan fingerprint density at radius 3 is 2.93 bits per heavy atom. The number of rotatable bonds is 2. The predicted molar refractivity (Wildman–Crippen MR) is 54.5 cm³/mol. The Morgan fingerprint density at radius 2 is 2.40 bits per heavy atom. The molecule has 2 rings (SSSR count). The second-order valence-electron chi connectivity index (χ2n) is 3.23. The number of aromatic nitrogens is 4. The van der Waals surface area contributed by atoms with Crippen molar-refractivity contribution in [1.82, 2.24) is 20.0 Å². The van der Waals surface area contributed by atoms with Gasteiger partial charge in [-0.1, -0.05) is 0 Å². The number of aromatic amines is 1. The molecule has 0 radical (unpaired) electrons. The zero-order valence-electron chi connectivity index (χ0n) is 8.48. The van der Waals surface area contributed by atoms with Gasteiger partial charge in [0.25, 0.3) is 5.91 Å². The average molecular weight is 205 g/mol. The van der Waals surface area contributed by atoms with E-state index in [0.29, 0.717) is 11.5 Å². The highest BCUT2D eigenvalue weighted by Crippen LogP contribution is 2.06. The lowest BCUT2D eigenvalue weighted by molar-refractivity contribution is 0.101. The van der Waals surface area contributed by atoms with E-state index in [1.54, 1.807) is 25.4 Å². The van der Waals surface area contributed by atoms with Gasteiger partial charge >= 0.3 is 0 Å². The van der Waals surface area contributed by atoms with Crippen LogP contribution in [0.5, 0.6) is 0 Å². The van der Waals surface area contributed by atoms with Crippen LogP contribution >= 0.6 is 0 Å². The van der Waals surface area contributed by atoms with Gasteiger partial charge in [-0.3, -0.25) is 14.6 Å². The van der Waals surface area contributed by atoms with Gasteiger partial charge in [-0.15, -0.1) is 0 Å². The summed E-state index contributed by atoms with van der Waals surface area (Å²) in [6.07, 6.45) is 1.57. The highest BCUT2D eigenvalue weighted by atomic mass is 16.2. The number of nitrogens with one attached hydrogen (secondary N) is 2. The highest BCUT2D eigenvalue weighted by molar-refractivity contribution is 6.02. The van der Waals surface area contributed by atoms with Gasteiger partial charge in [0.15, 0.2) is 5.82 Å². The first kappa shape index (κ1) is 9.45. The number of aryl methyl sites for hydroxylation is 2. The molecule has 6 nitrogen and oxygen atoms in total. The molecule has 0 aliphatic rings. The van der Waals surface area contributed by atoms with Crippen molar-refractivity contribution in [3.05, 3.63) is 29.7 Å². The van der Waals surface area contributed by atoms with Crippen LogP contribution in [-0.2, 0) is 7.05 Å². The first-order valence-corrected chi connectivity index (χ1v) is 4.48. The minimum Gasteiger partial charge on any atom is -0.304 e. The standard InChI is InChI=1S/C9H11N5O/c1-6-5-8(13-12-6)11-9(15)7-3-4-10-14(7)2/h3-5H,1-2H3,(H2,11,12,13,15). The summed E-state index contributed by atoms with van der Waals surface area (Å²) >= 11 is 0. The van der Waals surface area contributed by atoms with Crippen LogP contribution in [0.15, 0.2) is 18.3 Å². The van der Waals surface area contributed by atoms with Crippen LogP contribution in [0.4, 0.5) is 5.82 Å². The number of amides is 1. The maximum atomic E-state index is 11.7.